The molecule has 0 fully saturated rings. The van der Waals surface area contributed by atoms with Crippen molar-refractivity contribution in [3.63, 3.8) is 0 Å². The molecule has 22 heteroatoms. The van der Waals surface area contributed by atoms with Crippen LogP contribution in [0.25, 0.3) is 43.9 Å². The Morgan fingerprint density at radius 2 is 0.727 bits per heavy atom. The number of thiophene rings is 4. The topological polar surface area (TPSA) is 0 Å². The van der Waals surface area contributed by atoms with Gasteiger partial charge in [-0.15, -0.1) is 45.3 Å². The van der Waals surface area contributed by atoms with Crippen molar-refractivity contribution in [3.05, 3.63) is 110 Å². The quantitative estimate of drug-likeness (QED) is 0.143. The van der Waals surface area contributed by atoms with Crippen LogP contribution in [0.3, 0.4) is 0 Å². The number of hydrogen-bond acceptors (Lipinski definition) is 4. The van der Waals surface area contributed by atoms with Crippen molar-refractivity contribution in [2.45, 2.75) is 102 Å². The maximum Gasteiger partial charge on any atom is 0.380 e. The van der Waals surface area contributed by atoms with Crippen molar-refractivity contribution < 1.29 is 79.0 Å². The van der Waals surface area contributed by atoms with E-state index in [9.17, 15) is 0 Å². The van der Waals surface area contributed by atoms with E-state index in [1.807, 2.05) is 0 Å². The van der Waals surface area contributed by atoms with Crippen LogP contribution in [-0.2, 0) is 0 Å². The lowest BCUT2D eigenvalue weighted by Crippen LogP contribution is -2.49. The van der Waals surface area contributed by atoms with Crippen molar-refractivity contribution in [2.75, 3.05) is 0 Å². The van der Waals surface area contributed by atoms with Gasteiger partial charge in [0.05, 0.1) is 16.7 Å². The first-order valence-electron chi connectivity index (χ1n) is 19.1. The summed E-state index contributed by atoms with van der Waals surface area (Å²) in [7, 11) is 0. The summed E-state index contributed by atoms with van der Waals surface area (Å²) in [5, 5.41) is 0. The zero-order valence-corrected chi connectivity index (χ0v) is 37.7. The Balaban J connectivity index is 1.45. The highest BCUT2D eigenvalue weighted by Gasteiger charge is 2.84. The Hall–Kier alpha value is -4.02. The second kappa shape index (κ2) is 14.3. The predicted octanol–water partition coefficient (Wildman–Crippen LogP) is 17.2. The summed E-state index contributed by atoms with van der Waals surface area (Å²) < 4.78 is 286. The maximum absolute atomic E-state index is 16.4. The predicted molar refractivity (Wildman–Crippen MR) is 221 cm³/mol. The summed E-state index contributed by atoms with van der Waals surface area (Å²) in [5.74, 6) is -54.0. The molecule has 3 aliphatic carbocycles. The second-order valence-corrected chi connectivity index (χ2v) is 21.2. The molecule has 354 valence electrons. The van der Waals surface area contributed by atoms with Gasteiger partial charge in [-0.05, 0) is 88.4 Å². The van der Waals surface area contributed by atoms with E-state index < -0.39 is 139 Å². The van der Waals surface area contributed by atoms with Gasteiger partial charge in [-0.25, -0.2) is 0 Å². The lowest BCUT2D eigenvalue weighted by atomic mass is 9.88. The normalized spacial score (nSPS) is 22.9. The third kappa shape index (κ3) is 5.78. The van der Waals surface area contributed by atoms with Gasteiger partial charge in [0.25, 0.3) is 0 Å². The van der Waals surface area contributed by atoms with Gasteiger partial charge in [0, 0.05) is 66.9 Å². The van der Waals surface area contributed by atoms with Crippen LogP contribution < -0.4 is 0 Å². The van der Waals surface area contributed by atoms with Crippen LogP contribution in [-0.4, -0.2) is 53.3 Å². The molecule has 0 spiro atoms. The Morgan fingerprint density at radius 3 is 1.12 bits per heavy atom. The first-order valence-corrected chi connectivity index (χ1v) is 22.4. The van der Waals surface area contributed by atoms with E-state index in [-0.39, 0.29) is 42.9 Å². The van der Waals surface area contributed by atoms with E-state index in [0.717, 1.165) is 45.1 Å². The van der Waals surface area contributed by atoms with Gasteiger partial charge in [0.15, 0.2) is 0 Å². The van der Waals surface area contributed by atoms with Crippen molar-refractivity contribution in [3.8, 4) is 10.4 Å². The molecule has 1 aromatic carbocycles. The van der Waals surface area contributed by atoms with E-state index in [2.05, 4.69) is 0 Å². The van der Waals surface area contributed by atoms with E-state index in [4.69, 9.17) is 0 Å². The average molecular weight is 1030 g/mol. The monoisotopic (exact) mass is 1030 g/mol. The van der Waals surface area contributed by atoms with Gasteiger partial charge in [-0.3, -0.25) is 0 Å². The SMILES string of the molecule is Cc1cc(C)c(C2=C(c3sc(C)c(C4=C(c5c(C)sc(C6=C(c7cc(-c8ccccc8)sc7C)C(F)(F)C(F)(F)C6(F)F)c5C)C(F)(F)C(F)(F)C4(F)F)c3C)C(F)(F)C(F)(F)C2(F)F)s1. The van der Waals surface area contributed by atoms with Gasteiger partial charge in [0.1, 0.15) is 0 Å². The number of alkyl halides is 18. The van der Waals surface area contributed by atoms with Gasteiger partial charge >= 0.3 is 53.3 Å². The molecule has 8 rings (SSSR count). The smallest absolute Gasteiger partial charge is 0.194 e. The number of hydrogen-bond donors (Lipinski definition) is 0. The van der Waals surface area contributed by atoms with Crippen LogP contribution in [0.1, 0.15) is 67.5 Å². The minimum Gasteiger partial charge on any atom is -0.194 e. The van der Waals surface area contributed by atoms with Crippen molar-refractivity contribution in [2.24, 2.45) is 0 Å². The van der Waals surface area contributed by atoms with Crippen molar-refractivity contribution >= 4 is 78.8 Å². The minimum atomic E-state index is -6.47. The van der Waals surface area contributed by atoms with Crippen LogP contribution in [0.4, 0.5) is 79.0 Å². The van der Waals surface area contributed by atoms with Crippen LogP contribution in [0, 0.1) is 48.5 Å². The molecule has 0 saturated heterocycles. The van der Waals surface area contributed by atoms with Gasteiger partial charge < -0.3 is 0 Å². The Kier molecular flexibility index (Phi) is 10.5. The van der Waals surface area contributed by atoms with Gasteiger partial charge in [0.2, 0.25) is 0 Å². The van der Waals surface area contributed by atoms with Crippen LogP contribution in [0.2, 0.25) is 0 Å². The van der Waals surface area contributed by atoms with Gasteiger partial charge in [-0.1, -0.05) is 30.3 Å². The highest BCUT2D eigenvalue weighted by Crippen LogP contribution is 2.71. The van der Waals surface area contributed by atoms with Crippen LogP contribution in [0.5, 0.6) is 0 Å². The van der Waals surface area contributed by atoms with Crippen LogP contribution >= 0.6 is 45.3 Å². The molecule has 0 saturated carbocycles. The highest BCUT2D eigenvalue weighted by molar-refractivity contribution is 7.16. The average Bonchev–Trinajstić information content (AvgIpc) is 3.96. The van der Waals surface area contributed by atoms with E-state index >= 15 is 79.0 Å². The zero-order valence-electron chi connectivity index (χ0n) is 34.5. The van der Waals surface area contributed by atoms with E-state index in [0.29, 0.717) is 30.7 Å². The van der Waals surface area contributed by atoms with Crippen molar-refractivity contribution in [1.29, 1.82) is 0 Å². The number of allylic oxidation sites excluding steroid dienone is 6. The molecule has 0 nitrogen and oxygen atoms in total. The first-order chi connectivity index (χ1) is 30.0. The summed E-state index contributed by atoms with van der Waals surface area (Å²) in [5.41, 5.74) is -18.6. The zero-order chi connectivity index (χ0) is 49.4. The summed E-state index contributed by atoms with van der Waals surface area (Å²) in [6, 6.07) is 9.72. The molecule has 0 radical (unpaired) electrons. The fourth-order valence-electron chi connectivity index (χ4n) is 9.00. The fourth-order valence-corrected chi connectivity index (χ4v) is 13.6. The maximum atomic E-state index is 16.4. The standard InChI is InChI=1S/C44H28F18S4/c1-15-13-16(2)63-33(15)31-32(41(55,56)44(61,62)40(31,53)54)35-18(4)26(21(7)66-35)29-28(37(47,48)43(59,60)38(29,49)50)25-17(3)34(65-20(25)6)30-27(36(45,46)42(57,58)39(30,51)52)23-14-24(64-19(23)5)22-11-9-8-10-12-22/h8-14H,1-7H3. The van der Waals surface area contributed by atoms with Crippen molar-refractivity contribution in [1.82, 2.24) is 0 Å². The molecule has 0 aliphatic heterocycles. The molecule has 0 amide bonds. The largest absolute Gasteiger partial charge is 0.380 e. The second-order valence-electron chi connectivity index (χ2n) is 16.2. The molecular formula is C44H28F18S4. The number of benzene rings is 1. The molecule has 4 aromatic heterocycles. The number of aryl methyl sites for hydroxylation is 5. The lowest BCUT2D eigenvalue weighted by Gasteiger charge is -2.26. The van der Waals surface area contributed by atoms with E-state index in [1.54, 1.807) is 6.07 Å². The Bertz CT molecular complexity index is 2980. The molecule has 3 aliphatic rings. The molecule has 0 N–H and O–H groups in total. The summed E-state index contributed by atoms with van der Waals surface area (Å²) in [6.45, 7) is 6.23. The van der Waals surface area contributed by atoms with Gasteiger partial charge in [-0.2, -0.15) is 79.0 Å². The molecule has 4 heterocycles. The fraction of sp³-hybridized carbons (Fsp3) is 0.364. The summed E-state index contributed by atoms with van der Waals surface area (Å²) in [4.78, 5) is -4.92. The number of halogens is 18. The molecule has 0 unspecified atom stereocenters. The minimum absolute atomic E-state index is 0.140. The highest BCUT2D eigenvalue weighted by atomic mass is 32.1. The van der Waals surface area contributed by atoms with Crippen LogP contribution in [0.15, 0.2) is 42.5 Å². The third-order valence-electron chi connectivity index (χ3n) is 12.1. The third-order valence-corrected chi connectivity index (χ3v) is 16.8. The Labute approximate surface area is 378 Å². The molecule has 66 heavy (non-hydrogen) atoms. The molecule has 0 bridgehead atoms. The molecule has 0 atom stereocenters. The Morgan fingerprint density at radius 1 is 0.364 bits per heavy atom. The summed E-state index contributed by atoms with van der Waals surface area (Å²) >= 11 is 0.814. The molecular weight excluding hydrogens is 999 g/mol. The first kappa shape index (κ1) is 48.4. The molecule has 5 aromatic rings. The lowest BCUT2D eigenvalue weighted by molar-refractivity contribution is -0.254. The number of rotatable bonds is 7. The van der Waals surface area contributed by atoms with E-state index in [1.165, 1.54) is 37.3 Å². The summed E-state index contributed by atoms with van der Waals surface area (Å²) in [6.07, 6.45) is 0.